The van der Waals surface area contributed by atoms with Crippen molar-refractivity contribution in [3.05, 3.63) is 49.5 Å². The molecule has 1 N–H and O–H groups in total. The summed E-state index contributed by atoms with van der Waals surface area (Å²) in [7, 11) is 0. The minimum atomic E-state index is -0.0632. The third-order valence-electron chi connectivity index (χ3n) is 2.46. The van der Waals surface area contributed by atoms with Gasteiger partial charge in [0.1, 0.15) is 5.01 Å². The number of nitrogens with zero attached hydrogens (tertiary/aromatic N) is 1. The van der Waals surface area contributed by atoms with Gasteiger partial charge in [0, 0.05) is 20.2 Å². The summed E-state index contributed by atoms with van der Waals surface area (Å²) in [5.41, 5.74) is 0.676. The van der Waals surface area contributed by atoms with E-state index in [1.807, 2.05) is 44.3 Å². The van der Waals surface area contributed by atoms with Crippen LogP contribution in [0.1, 0.15) is 33.2 Å². The zero-order chi connectivity index (χ0) is 13.1. The highest BCUT2D eigenvalue weighted by Gasteiger charge is 2.13. The van der Waals surface area contributed by atoms with Gasteiger partial charge in [0.15, 0.2) is 0 Å². The lowest BCUT2D eigenvalue weighted by Gasteiger charge is -2.11. The third kappa shape index (κ3) is 3.29. The Hall–Kier alpha value is -0.950. The lowest BCUT2D eigenvalue weighted by molar-refractivity contribution is 0.0940. The van der Waals surface area contributed by atoms with E-state index in [9.17, 15) is 4.79 Å². The van der Waals surface area contributed by atoms with Crippen LogP contribution in [0.5, 0.6) is 0 Å². The first-order valence-electron chi connectivity index (χ1n) is 5.55. The Morgan fingerprint density at radius 3 is 2.61 bits per heavy atom. The normalized spacial score (nSPS) is 12.2. The Bertz CT molecular complexity index is 550. The highest BCUT2D eigenvalue weighted by Crippen LogP contribution is 2.19. The average Bonchev–Trinajstić information content (AvgIpc) is 2.76. The van der Waals surface area contributed by atoms with Crippen LogP contribution in [0.2, 0.25) is 0 Å². The van der Waals surface area contributed by atoms with Gasteiger partial charge in [-0.3, -0.25) is 4.79 Å². The Morgan fingerprint density at radius 2 is 2.06 bits per heavy atom. The quantitative estimate of drug-likeness (QED) is 0.838. The number of aryl methyl sites for hydroxylation is 1. The topological polar surface area (TPSA) is 42.0 Å². The molecule has 1 amide bonds. The van der Waals surface area contributed by atoms with E-state index < -0.39 is 0 Å². The first-order chi connectivity index (χ1) is 8.56. The molecule has 2 rings (SSSR count). The Labute approximate surface area is 124 Å². The molecule has 1 heterocycles. The highest BCUT2D eigenvalue weighted by molar-refractivity contribution is 14.1. The van der Waals surface area contributed by atoms with Crippen LogP contribution in [0.3, 0.4) is 0 Å². The van der Waals surface area contributed by atoms with Gasteiger partial charge in [0.2, 0.25) is 0 Å². The number of hydrogen-bond donors (Lipinski definition) is 1. The monoisotopic (exact) mass is 372 g/mol. The van der Waals surface area contributed by atoms with Crippen LogP contribution in [0.15, 0.2) is 30.5 Å². The minimum Gasteiger partial charge on any atom is -0.343 e. The van der Waals surface area contributed by atoms with E-state index in [-0.39, 0.29) is 11.9 Å². The molecule has 1 aromatic heterocycles. The van der Waals surface area contributed by atoms with Crippen molar-refractivity contribution >= 4 is 39.8 Å². The molecule has 0 aliphatic heterocycles. The van der Waals surface area contributed by atoms with Gasteiger partial charge in [0.25, 0.3) is 5.91 Å². The van der Waals surface area contributed by atoms with Gasteiger partial charge in [-0.05, 0) is 60.7 Å². The van der Waals surface area contributed by atoms with Crippen molar-refractivity contribution in [1.29, 1.82) is 0 Å². The van der Waals surface area contributed by atoms with Gasteiger partial charge >= 0.3 is 0 Å². The first kappa shape index (κ1) is 13.5. The zero-order valence-electron chi connectivity index (χ0n) is 10.1. The minimum absolute atomic E-state index is 0.0597. The second-order valence-electron chi connectivity index (χ2n) is 4.01. The second kappa shape index (κ2) is 5.79. The van der Waals surface area contributed by atoms with Gasteiger partial charge in [-0.1, -0.05) is 0 Å². The van der Waals surface area contributed by atoms with Gasteiger partial charge in [-0.2, -0.15) is 0 Å². The first-order valence-corrected chi connectivity index (χ1v) is 7.44. The second-order valence-corrected chi connectivity index (χ2v) is 6.52. The number of amides is 1. The number of aromatic nitrogens is 1. The molecule has 18 heavy (non-hydrogen) atoms. The van der Waals surface area contributed by atoms with Crippen LogP contribution in [-0.4, -0.2) is 10.9 Å². The van der Waals surface area contributed by atoms with Gasteiger partial charge in [-0.15, -0.1) is 11.3 Å². The van der Waals surface area contributed by atoms with Crippen molar-refractivity contribution in [2.45, 2.75) is 19.9 Å². The zero-order valence-corrected chi connectivity index (χ0v) is 13.1. The van der Waals surface area contributed by atoms with E-state index in [1.54, 1.807) is 11.3 Å². The third-order valence-corrected chi connectivity index (χ3v) is 4.28. The summed E-state index contributed by atoms with van der Waals surface area (Å²) in [5, 5.41) is 3.89. The molecule has 0 radical (unpaired) electrons. The van der Waals surface area contributed by atoms with Gasteiger partial charge in [-0.25, -0.2) is 4.98 Å². The number of halogens is 1. The summed E-state index contributed by atoms with van der Waals surface area (Å²) in [6.45, 7) is 3.96. The molecule has 3 nitrogen and oxygen atoms in total. The molecule has 0 aliphatic carbocycles. The maximum atomic E-state index is 12.0. The summed E-state index contributed by atoms with van der Waals surface area (Å²) in [6.07, 6.45) is 1.83. The number of thiazole rings is 1. The maximum Gasteiger partial charge on any atom is 0.251 e. The Morgan fingerprint density at radius 1 is 1.39 bits per heavy atom. The molecular weight excluding hydrogens is 359 g/mol. The molecule has 0 bridgehead atoms. The number of hydrogen-bond acceptors (Lipinski definition) is 3. The number of nitrogens with one attached hydrogen (secondary N) is 1. The van der Waals surface area contributed by atoms with E-state index in [0.29, 0.717) is 5.56 Å². The van der Waals surface area contributed by atoms with Crippen LogP contribution in [-0.2, 0) is 0 Å². The van der Waals surface area contributed by atoms with E-state index in [1.165, 1.54) is 0 Å². The van der Waals surface area contributed by atoms with Gasteiger partial charge in [0.05, 0.1) is 6.04 Å². The largest absolute Gasteiger partial charge is 0.343 e. The smallest absolute Gasteiger partial charge is 0.251 e. The van der Waals surface area contributed by atoms with Crippen molar-refractivity contribution in [3.8, 4) is 0 Å². The number of carbonyl (C=O) groups excluding carboxylic acids is 1. The molecule has 5 heteroatoms. The van der Waals surface area contributed by atoms with Crippen molar-refractivity contribution in [2.75, 3.05) is 0 Å². The standard InChI is InChI=1S/C13H13IN2OS/c1-8-7-15-13(18-8)9(2)16-12(17)10-3-5-11(14)6-4-10/h3-7,9H,1-2H3,(H,16,17). The summed E-state index contributed by atoms with van der Waals surface area (Å²) in [6, 6.07) is 7.45. The van der Waals surface area contributed by atoms with E-state index >= 15 is 0 Å². The van der Waals surface area contributed by atoms with Gasteiger partial charge < -0.3 is 5.32 Å². The fraction of sp³-hybridized carbons (Fsp3) is 0.231. The van der Waals surface area contributed by atoms with Crippen molar-refractivity contribution in [2.24, 2.45) is 0 Å². The predicted octanol–water partition coefficient (Wildman–Crippen LogP) is 3.55. The van der Waals surface area contributed by atoms with E-state index in [4.69, 9.17) is 0 Å². The van der Waals surface area contributed by atoms with E-state index in [2.05, 4.69) is 32.9 Å². The molecule has 0 aliphatic rings. The Kier molecular flexibility index (Phi) is 4.34. The van der Waals surface area contributed by atoms with Crippen molar-refractivity contribution in [1.82, 2.24) is 10.3 Å². The predicted molar refractivity (Wildman–Crippen MR) is 81.9 cm³/mol. The average molecular weight is 372 g/mol. The Balaban J connectivity index is 2.05. The number of carbonyl (C=O) groups is 1. The van der Waals surface area contributed by atoms with Crippen molar-refractivity contribution < 1.29 is 4.79 Å². The fourth-order valence-electron chi connectivity index (χ4n) is 1.52. The molecular formula is C13H13IN2OS. The molecule has 1 atom stereocenters. The molecule has 1 aromatic carbocycles. The maximum absolute atomic E-state index is 12.0. The fourth-order valence-corrected chi connectivity index (χ4v) is 2.65. The number of benzene rings is 1. The van der Waals surface area contributed by atoms with Crippen LogP contribution in [0.25, 0.3) is 0 Å². The summed E-state index contributed by atoms with van der Waals surface area (Å²) >= 11 is 3.83. The summed E-state index contributed by atoms with van der Waals surface area (Å²) in [4.78, 5) is 17.4. The molecule has 1 unspecified atom stereocenters. The van der Waals surface area contributed by atoms with Crippen molar-refractivity contribution in [3.63, 3.8) is 0 Å². The highest BCUT2D eigenvalue weighted by atomic mass is 127. The number of rotatable bonds is 3. The van der Waals surface area contributed by atoms with E-state index in [0.717, 1.165) is 13.5 Å². The summed E-state index contributed by atoms with van der Waals surface area (Å²) < 4.78 is 1.12. The molecule has 0 saturated heterocycles. The molecule has 94 valence electrons. The van der Waals surface area contributed by atoms with Crippen LogP contribution in [0.4, 0.5) is 0 Å². The van der Waals surface area contributed by atoms with Crippen LogP contribution < -0.4 is 5.32 Å². The molecule has 0 fully saturated rings. The lowest BCUT2D eigenvalue weighted by atomic mass is 10.2. The SMILES string of the molecule is Cc1cnc(C(C)NC(=O)c2ccc(I)cc2)s1. The lowest BCUT2D eigenvalue weighted by Crippen LogP contribution is -2.26. The molecule has 0 saturated carbocycles. The van der Waals surface area contributed by atoms with Crippen LogP contribution >= 0.6 is 33.9 Å². The molecule has 0 spiro atoms. The van der Waals surface area contributed by atoms with Crippen LogP contribution in [0, 0.1) is 10.5 Å². The summed E-state index contributed by atoms with van der Waals surface area (Å²) in [5.74, 6) is -0.0632. The molecule has 2 aromatic rings.